The molecule has 0 saturated heterocycles. The molecule has 2 N–H and O–H groups in total. The van der Waals surface area contributed by atoms with Crippen molar-refractivity contribution in [3.63, 3.8) is 0 Å². The van der Waals surface area contributed by atoms with Gasteiger partial charge in [-0.15, -0.1) is 0 Å². The van der Waals surface area contributed by atoms with Crippen molar-refractivity contribution in [1.82, 2.24) is 4.90 Å². The Labute approximate surface area is 105 Å². The van der Waals surface area contributed by atoms with E-state index in [0.717, 1.165) is 24.8 Å². The number of hydrogen-bond donors (Lipinski definition) is 1. The summed E-state index contributed by atoms with van der Waals surface area (Å²) >= 11 is 0. The molecule has 1 aliphatic carbocycles. The second kappa shape index (κ2) is 4.51. The normalized spacial score (nSPS) is 39.5. The lowest BCUT2D eigenvalue weighted by atomic mass is 9.69. The van der Waals surface area contributed by atoms with E-state index in [9.17, 15) is 0 Å². The molecule has 1 heterocycles. The molecule has 4 atom stereocenters. The van der Waals surface area contributed by atoms with Crippen molar-refractivity contribution in [2.75, 3.05) is 6.54 Å². The van der Waals surface area contributed by atoms with Gasteiger partial charge in [0.05, 0.1) is 12.1 Å². The predicted octanol–water partition coefficient (Wildman–Crippen LogP) is 2.61. The quantitative estimate of drug-likeness (QED) is 0.802. The summed E-state index contributed by atoms with van der Waals surface area (Å²) in [7, 11) is 0. The summed E-state index contributed by atoms with van der Waals surface area (Å²) in [5.41, 5.74) is 6.36. The Bertz CT molecular complexity index is 313. The number of aliphatic imine (C=N–C) groups is 1. The molecule has 4 unspecified atom stereocenters. The monoisotopic (exact) mass is 237 g/mol. The van der Waals surface area contributed by atoms with Crippen LogP contribution in [0, 0.1) is 11.8 Å². The minimum Gasteiger partial charge on any atom is -0.370 e. The Morgan fingerprint density at radius 3 is 2.82 bits per heavy atom. The van der Waals surface area contributed by atoms with Gasteiger partial charge < -0.3 is 10.6 Å². The summed E-state index contributed by atoms with van der Waals surface area (Å²) in [6, 6.07) is 0.511. The minimum atomic E-state index is 0.228. The SMILES string of the molecule is CCC(C)N1C(N)=NCC12CCC(C)CC2C. The fourth-order valence-corrected chi connectivity index (χ4v) is 3.72. The van der Waals surface area contributed by atoms with Gasteiger partial charge in [-0.3, -0.25) is 4.99 Å². The molecule has 0 aromatic heterocycles. The molecule has 3 heteroatoms. The second-order valence-electron chi connectivity index (χ2n) is 6.19. The van der Waals surface area contributed by atoms with Gasteiger partial charge in [-0.25, -0.2) is 0 Å². The van der Waals surface area contributed by atoms with Crippen LogP contribution in [0.5, 0.6) is 0 Å². The van der Waals surface area contributed by atoms with Crippen LogP contribution in [0.25, 0.3) is 0 Å². The van der Waals surface area contributed by atoms with Gasteiger partial charge in [0.1, 0.15) is 0 Å². The number of nitrogens with zero attached hydrogens (tertiary/aromatic N) is 2. The minimum absolute atomic E-state index is 0.228. The van der Waals surface area contributed by atoms with Crippen LogP contribution in [0.2, 0.25) is 0 Å². The van der Waals surface area contributed by atoms with Crippen LogP contribution >= 0.6 is 0 Å². The van der Waals surface area contributed by atoms with Gasteiger partial charge in [0.2, 0.25) is 0 Å². The zero-order valence-corrected chi connectivity index (χ0v) is 11.7. The molecule has 1 spiro atoms. The number of hydrogen-bond acceptors (Lipinski definition) is 3. The van der Waals surface area contributed by atoms with Crippen molar-refractivity contribution in [2.24, 2.45) is 22.6 Å². The van der Waals surface area contributed by atoms with E-state index in [1.165, 1.54) is 19.3 Å². The largest absolute Gasteiger partial charge is 0.370 e. The third-order valence-electron chi connectivity index (χ3n) is 5.02. The molecule has 0 aromatic rings. The van der Waals surface area contributed by atoms with E-state index in [2.05, 4.69) is 37.6 Å². The lowest BCUT2D eigenvalue weighted by Gasteiger charge is -2.50. The maximum atomic E-state index is 6.13. The molecule has 2 rings (SSSR count). The number of guanidine groups is 1. The molecule has 1 saturated carbocycles. The Morgan fingerprint density at radius 2 is 2.24 bits per heavy atom. The van der Waals surface area contributed by atoms with Crippen LogP contribution in [0.4, 0.5) is 0 Å². The molecule has 0 bridgehead atoms. The van der Waals surface area contributed by atoms with Gasteiger partial charge >= 0.3 is 0 Å². The highest BCUT2D eigenvalue weighted by molar-refractivity contribution is 5.81. The summed E-state index contributed by atoms with van der Waals surface area (Å²) in [4.78, 5) is 6.99. The smallest absolute Gasteiger partial charge is 0.192 e. The Kier molecular flexibility index (Phi) is 3.37. The summed E-state index contributed by atoms with van der Waals surface area (Å²) in [6.07, 6.45) is 5.03. The lowest BCUT2D eigenvalue weighted by molar-refractivity contribution is 0.0396. The van der Waals surface area contributed by atoms with Gasteiger partial charge in [-0.2, -0.15) is 0 Å². The standard InChI is InChI=1S/C14H27N3/c1-5-12(4)17-13(15)16-9-14(17)7-6-10(2)8-11(14)3/h10-12H,5-9H2,1-4H3,(H2,15,16). The number of nitrogens with two attached hydrogens (primary N) is 1. The van der Waals surface area contributed by atoms with E-state index in [0.29, 0.717) is 12.0 Å². The van der Waals surface area contributed by atoms with E-state index < -0.39 is 0 Å². The highest BCUT2D eigenvalue weighted by Gasteiger charge is 2.49. The molecule has 0 amide bonds. The third-order valence-corrected chi connectivity index (χ3v) is 5.02. The number of rotatable bonds is 2. The first-order valence-corrected chi connectivity index (χ1v) is 7.10. The van der Waals surface area contributed by atoms with E-state index in [-0.39, 0.29) is 5.54 Å². The van der Waals surface area contributed by atoms with Gasteiger partial charge in [-0.1, -0.05) is 20.8 Å². The third kappa shape index (κ3) is 1.94. The Balaban J connectivity index is 2.24. The van der Waals surface area contributed by atoms with Crippen LogP contribution in [0.3, 0.4) is 0 Å². The molecule has 0 radical (unpaired) electrons. The fourth-order valence-electron chi connectivity index (χ4n) is 3.72. The molecule has 2 aliphatic rings. The Morgan fingerprint density at radius 1 is 1.53 bits per heavy atom. The van der Waals surface area contributed by atoms with Crippen LogP contribution < -0.4 is 5.73 Å². The average Bonchev–Trinajstić information content (AvgIpc) is 2.62. The first-order valence-electron chi connectivity index (χ1n) is 7.10. The second-order valence-corrected chi connectivity index (χ2v) is 6.19. The molecule has 17 heavy (non-hydrogen) atoms. The van der Waals surface area contributed by atoms with Crippen molar-refractivity contribution in [3.8, 4) is 0 Å². The predicted molar refractivity (Wildman–Crippen MR) is 73.0 cm³/mol. The first-order chi connectivity index (χ1) is 8.01. The van der Waals surface area contributed by atoms with Gasteiger partial charge in [-0.05, 0) is 44.4 Å². The van der Waals surface area contributed by atoms with Crippen molar-refractivity contribution in [3.05, 3.63) is 0 Å². The van der Waals surface area contributed by atoms with Crippen LogP contribution in [0.1, 0.15) is 53.4 Å². The zero-order valence-electron chi connectivity index (χ0n) is 11.7. The highest BCUT2D eigenvalue weighted by Crippen LogP contribution is 2.44. The molecule has 1 aliphatic heterocycles. The lowest BCUT2D eigenvalue weighted by Crippen LogP contribution is -2.60. The topological polar surface area (TPSA) is 41.6 Å². The van der Waals surface area contributed by atoms with Gasteiger partial charge in [0, 0.05) is 6.04 Å². The zero-order chi connectivity index (χ0) is 12.6. The van der Waals surface area contributed by atoms with Crippen LogP contribution in [0.15, 0.2) is 4.99 Å². The van der Waals surface area contributed by atoms with Crippen molar-refractivity contribution in [2.45, 2.75) is 65.0 Å². The van der Waals surface area contributed by atoms with E-state index >= 15 is 0 Å². The summed E-state index contributed by atoms with van der Waals surface area (Å²) in [5, 5.41) is 0. The fraction of sp³-hybridized carbons (Fsp3) is 0.929. The Hall–Kier alpha value is -0.730. The molecule has 98 valence electrons. The average molecular weight is 237 g/mol. The summed E-state index contributed by atoms with van der Waals surface area (Å²) < 4.78 is 0. The van der Waals surface area contributed by atoms with Crippen molar-refractivity contribution >= 4 is 5.96 Å². The van der Waals surface area contributed by atoms with Gasteiger partial charge in [0.15, 0.2) is 5.96 Å². The van der Waals surface area contributed by atoms with Crippen LogP contribution in [-0.4, -0.2) is 29.0 Å². The van der Waals surface area contributed by atoms with E-state index in [1.54, 1.807) is 0 Å². The summed E-state index contributed by atoms with van der Waals surface area (Å²) in [5.74, 6) is 2.34. The van der Waals surface area contributed by atoms with Gasteiger partial charge in [0.25, 0.3) is 0 Å². The van der Waals surface area contributed by atoms with E-state index in [1.807, 2.05) is 0 Å². The molecule has 1 fully saturated rings. The first kappa shape index (κ1) is 12.7. The molecule has 3 nitrogen and oxygen atoms in total. The maximum absolute atomic E-state index is 6.13. The van der Waals surface area contributed by atoms with Crippen LogP contribution in [-0.2, 0) is 0 Å². The van der Waals surface area contributed by atoms with Crippen molar-refractivity contribution in [1.29, 1.82) is 0 Å². The highest BCUT2D eigenvalue weighted by atomic mass is 15.4. The van der Waals surface area contributed by atoms with Crippen molar-refractivity contribution < 1.29 is 0 Å². The molecular formula is C14H27N3. The maximum Gasteiger partial charge on any atom is 0.192 e. The molecular weight excluding hydrogens is 210 g/mol. The van der Waals surface area contributed by atoms with E-state index in [4.69, 9.17) is 5.73 Å². The summed E-state index contributed by atoms with van der Waals surface area (Å²) in [6.45, 7) is 10.2. The molecule has 0 aromatic carbocycles.